The second-order valence-electron chi connectivity index (χ2n) is 5.79. The van der Waals surface area contributed by atoms with Crippen molar-refractivity contribution in [3.63, 3.8) is 0 Å². The van der Waals surface area contributed by atoms with Crippen molar-refractivity contribution in [3.05, 3.63) is 29.3 Å². The number of hydrogen-bond acceptors (Lipinski definition) is 3. The van der Waals surface area contributed by atoms with E-state index in [1.54, 1.807) is 0 Å². The van der Waals surface area contributed by atoms with Gasteiger partial charge in [0.05, 0.1) is 19.8 Å². The Morgan fingerprint density at radius 3 is 2.80 bits per heavy atom. The van der Waals surface area contributed by atoms with Gasteiger partial charge in [-0.15, -0.1) is 0 Å². The maximum atomic E-state index is 5.88. The third kappa shape index (κ3) is 3.74. The molecule has 0 unspecified atom stereocenters. The first-order valence-electron chi connectivity index (χ1n) is 7.96. The van der Waals surface area contributed by atoms with E-state index in [-0.39, 0.29) is 0 Å². The average Bonchev–Trinajstić information content (AvgIpc) is 2.95. The van der Waals surface area contributed by atoms with Crippen LogP contribution in [0.1, 0.15) is 30.4 Å². The molecule has 0 aromatic heterocycles. The largest absolute Gasteiger partial charge is 0.494 e. The Hall–Kier alpha value is -1.06. The van der Waals surface area contributed by atoms with Gasteiger partial charge in [-0.05, 0) is 61.9 Å². The molecule has 20 heavy (non-hydrogen) atoms. The fourth-order valence-corrected chi connectivity index (χ4v) is 3.09. The lowest BCUT2D eigenvalue weighted by atomic mass is 10.1. The summed E-state index contributed by atoms with van der Waals surface area (Å²) in [5.74, 6) is 1.05. The molecular formula is C17H25NO2. The topological polar surface area (TPSA) is 21.7 Å². The van der Waals surface area contributed by atoms with E-state index < -0.39 is 0 Å². The molecule has 1 aliphatic heterocycles. The summed E-state index contributed by atoms with van der Waals surface area (Å²) < 4.78 is 11.2. The molecule has 0 amide bonds. The van der Waals surface area contributed by atoms with E-state index in [9.17, 15) is 0 Å². The van der Waals surface area contributed by atoms with Gasteiger partial charge in [-0.2, -0.15) is 0 Å². The predicted octanol–water partition coefficient (Wildman–Crippen LogP) is 2.67. The van der Waals surface area contributed by atoms with Crippen molar-refractivity contribution in [1.29, 1.82) is 0 Å². The van der Waals surface area contributed by atoms with Crippen LogP contribution in [0.15, 0.2) is 18.2 Å². The van der Waals surface area contributed by atoms with Gasteiger partial charge in [0, 0.05) is 13.1 Å². The number of nitrogens with zero attached hydrogens (tertiary/aromatic N) is 1. The maximum absolute atomic E-state index is 5.88. The number of unbranched alkanes of at least 4 members (excludes halogenated alkanes) is 1. The van der Waals surface area contributed by atoms with Gasteiger partial charge in [0.15, 0.2) is 0 Å². The van der Waals surface area contributed by atoms with Gasteiger partial charge in [0.2, 0.25) is 0 Å². The summed E-state index contributed by atoms with van der Waals surface area (Å²) in [5, 5.41) is 0. The number of ether oxygens (including phenoxy) is 2. The molecule has 0 bridgehead atoms. The van der Waals surface area contributed by atoms with Crippen molar-refractivity contribution in [2.75, 3.05) is 39.5 Å². The number of fused-ring (bicyclic) bond motifs is 1. The molecule has 0 spiro atoms. The number of morpholine rings is 1. The van der Waals surface area contributed by atoms with Crippen LogP contribution in [0.3, 0.4) is 0 Å². The SMILES string of the molecule is c1cc2c(cc1OCCCCN1CCOCC1)CCC2. The predicted molar refractivity (Wildman–Crippen MR) is 80.5 cm³/mol. The zero-order valence-electron chi connectivity index (χ0n) is 12.3. The lowest BCUT2D eigenvalue weighted by molar-refractivity contribution is 0.0368. The summed E-state index contributed by atoms with van der Waals surface area (Å²) in [5.41, 5.74) is 3.01. The van der Waals surface area contributed by atoms with Crippen LogP contribution >= 0.6 is 0 Å². The Labute approximate surface area is 121 Å². The smallest absolute Gasteiger partial charge is 0.119 e. The van der Waals surface area contributed by atoms with Crippen molar-refractivity contribution in [2.45, 2.75) is 32.1 Å². The second-order valence-corrected chi connectivity index (χ2v) is 5.79. The molecule has 3 rings (SSSR count). The molecule has 3 heteroatoms. The summed E-state index contributed by atoms with van der Waals surface area (Å²) in [4.78, 5) is 2.49. The Bertz CT molecular complexity index is 427. The molecule has 1 aromatic rings. The number of rotatable bonds is 6. The molecule has 1 aliphatic carbocycles. The molecule has 1 saturated heterocycles. The highest BCUT2D eigenvalue weighted by atomic mass is 16.5. The maximum Gasteiger partial charge on any atom is 0.119 e. The lowest BCUT2D eigenvalue weighted by Crippen LogP contribution is -2.36. The van der Waals surface area contributed by atoms with Crippen LogP contribution in [0.25, 0.3) is 0 Å². The average molecular weight is 275 g/mol. The Morgan fingerprint density at radius 2 is 1.90 bits per heavy atom. The molecule has 1 aromatic carbocycles. The number of benzene rings is 1. The standard InChI is InChI=1S/C17H25NO2/c1(8-18-9-12-19-13-10-18)2-11-20-17-7-6-15-4-3-5-16(15)14-17/h6-7,14H,1-5,8-13H2. The zero-order chi connectivity index (χ0) is 13.6. The second kappa shape index (κ2) is 7.09. The lowest BCUT2D eigenvalue weighted by Gasteiger charge is -2.26. The fraction of sp³-hybridized carbons (Fsp3) is 0.647. The molecule has 110 valence electrons. The van der Waals surface area contributed by atoms with Crippen molar-refractivity contribution >= 4 is 0 Å². The van der Waals surface area contributed by atoms with Gasteiger partial charge >= 0.3 is 0 Å². The van der Waals surface area contributed by atoms with Crippen molar-refractivity contribution in [3.8, 4) is 5.75 Å². The first-order valence-corrected chi connectivity index (χ1v) is 7.96. The van der Waals surface area contributed by atoms with E-state index in [4.69, 9.17) is 9.47 Å². The Balaban J connectivity index is 1.33. The Kier molecular flexibility index (Phi) is 4.93. The van der Waals surface area contributed by atoms with Gasteiger partial charge in [-0.3, -0.25) is 4.90 Å². The van der Waals surface area contributed by atoms with Gasteiger partial charge in [0.25, 0.3) is 0 Å². The van der Waals surface area contributed by atoms with Crippen molar-refractivity contribution in [1.82, 2.24) is 4.90 Å². The molecule has 0 radical (unpaired) electrons. The van der Waals surface area contributed by atoms with Crippen LogP contribution in [0, 0.1) is 0 Å². The van der Waals surface area contributed by atoms with E-state index >= 15 is 0 Å². The monoisotopic (exact) mass is 275 g/mol. The van der Waals surface area contributed by atoms with E-state index in [1.807, 2.05) is 0 Å². The minimum atomic E-state index is 0.836. The number of aryl methyl sites for hydroxylation is 2. The van der Waals surface area contributed by atoms with Crippen LogP contribution < -0.4 is 4.74 Å². The highest BCUT2D eigenvalue weighted by Gasteiger charge is 2.11. The minimum absolute atomic E-state index is 0.836. The van der Waals surface area contributed by atoms with Crippen LogP contribution in [0.4, 0.5) is 0 Å². The van der Waals surface area contributed by atoms with E-state index in [2.05, 4.69) is 23.1 Å². The van der Waals surface area contributed by atoms with Gasteiger partial charge in [-0.1, -0.05) is 6.07 Å². The van der Waals surface area contributed by atoms with Gasteiger partial charge in [0.1, 0.15) is 5.75 Å². The van der Waals surface area contributed by atoms with Gasteiger partial charge < -0.3 is 9.47 Å². The third-order valence-electron chi connectivity index (χ3n) is 4.31. The molecule has 0 atom stereocenters. The van der Waals surface area contributed by atoms with Crippen LogP contribution in [0.2, 0.25) is 0 Å². The molecule has 3 nitrogen and oxygen atoms in total. The molecule has 1 heterocycles. The first kappa shape index (κ1) is 13.9. The van der Waals surface area contributed by atoms with E-state index in [1.165, 1.54) is 43.4 Å². The van der Waals surface area contributed by atoms with Crippen LogP contribution in [-0.2, 0) is 17.6 Å². The van der Waals surface area contributed by atoms with Crippen LogP contribution in [-0.4, -0.2) is 44.4 Å². The van der Waals surface area contributed by atoms with Gasteiger partial charge in [-0.25, -0.2) is 0 Å². The molecule has 0 N–H and O–H groups in total. The van der Waals surface area contributed by atoms with E-state index in [0.717, 1.165) is 45.1 Å². The summed E-state index contributed by atoms with van der Waals surface area (Å²) in [6, 6.07) is 6.61. The summed E-state index contributed by atoms with van der Waals surface area (Å²) in [6.07, 6.45) is 6.12. The zero-order valence-corrected chi connectivity index (χ0v) is 12.3. The molecule has 0 saturated carbocycles. The van der Waals surface area contributed by atoms with Crippen LogP contribution in [0.5, 0.6) is 5.75 Å². The Morgan fingerprint density at radius 1 is 1.05 bits per heavy atom. The summed E-state index contributed by atoms with van der Waals surface area (Å²) in [7, 11) is 0. The highest BCUT2D eigenvalue weighted by molar-refractivity contribution is 5.38. The first-order chi connectivity index (χ1) is 9.92. The quantitative estimate of drug-likeness (QED) is 0.745. The fourth-order valence-electron chi connectivity index (χ4n) is 3.09. The normalized spacial score (nSPS) is 19.0. The van der Waals surface area contributed by atoms with Crippen molar-refractivity contribution in [2.24, 2.45) is 0 Å². The molecular weight excluding hydrogens is 250 g/mol. The third-order valence-corrected chi connectivity index (χ3v) is 4.31. The number of hydrogen-bond donors (Lipinski definition) is 0. The van der Waals surface area contributed by atoms with E-state index in [0.29, 0.717) is 0 Å². The molecule has 1 fully saturated rings. The summed E-state index contributed by atoms with van der Waals surface area (Å²) >= 11 is 0. The van der Waals surface area contributed by atoms with Crippen molar-refractivity contribution < 1.29 is 9.47 Å². The summed E-state index contributed by atoms with van der Waals surface area (Å²) in [6.45, 7) is 5.98. The highest BCUT2D eigenvalue weighted by Crippen LogP contribution is 2.26. The molecule has 2 aliphatic rings. The minimum Gasteiger partial charge on any atom is -0.494 e.